The van der Waals surface area contributed by atoms with E-state index in [0.717, 1.165) is 52.5 Å². The summed E-state index contributed by atoms with van der Waals surface area (Å²) in [6, 6.07) is 6.09. The maximum atomic E-state index is 13.0. The molecule has 7 heteroatoms. The number of hydrogen-bond donors (Lipinski definition) is 2. The van der Waals surface area contributed by atoms with Crippen LogP contribution in [-0.4, -0.2) is 47.0 Å². The Bertz CT molecular complexity index is 1030. The van der Waals surface area contributed by atoms with Crippen molar-refractivity contribution in [2.24, 2.45) is 23.7 Å². The van der Waals surface area contributed by atoms with E-state index in [2.05, 4.69) is 30.5 Å². The first-order valence-corrected chi connectivity index (χ1v) is 16.0. The molecule has 6 nitrogen and oxygen atoms in total. The monoisotopic (exact) mass is 539 g/mol. The van der Waals surface area contributed by atoms with Crippen LogP contribution in [0.4, 0.5) is 0 Å². The Kier molecular flexibility index (Phi) is 9.14. The number of carbonyl (C=O) groups excluding carboxylic acids is 3. The predicted molar refractivity (Wildman–Crippen MR) is 152 cm³/mol. The smallest absolute Gasteiger partial charge is 0.255 e. The number of nitrogens with zero attached hydrogens (tertiary/aromatic N) is 1. The summed E-state index contributed by atoms with van der Waals surface area (Å²) in [5.41, 5.74) is 1.74. The maximum Gasteiger partial charge on any atom is 0.255 e. The lowest BCUT2D eigenvalue weighted by Gasteiger charge is -2.46. The number of fused-ring (bicyclic) bond motifs is 3. The fraction of sp³-hybridized carbons (Fsp3) is 0.710. The van der Waals surface area contributed by atoms with E-state index in [4.69, 9.17) is 0 Å². The van der Waals surface area contributed by atoms with E-state index in [1.165, 1.54) is 57.8 Å². The van der Waals surface area contributed by atoms with Crippen LogP contribution in [0.15, 0.2) is 23.1 Å². The third kappa shape index (κ3) is 6.30. The number of carbonyl (C=O) groups is 3. The summed E-state index contributed by atoms with van der Waals surface area (Å²) in [4.78, 5) is 39.6. The van der Waals surface area contributed by atoms with Gasteiger partial charge in [0.05, 0.1) is 0 Å². The largest absolute Gasteiger partial charge is 0.322 e. The van der Waals surface area contributed by atoms with Gasteiger partial charge >= 0.3 is 0 Å². The van der Waals surface area contributed by atoms with Crippen molar-refractivity contribution in [2.45, 2.75) is 108 Å². The average Bonchev–Trinajstić information content (AvgIpc) is 3.21. The van der Waals surface area contributed by atoms with Crippen molar-refractivity contribution in [3.63, 3.8) is 0 Å². The third-order valence-electron chi connectivity index (χ3n) is 9.40. The molecule has 6 atom stereocenters. The summed E-state index contributed by atoms with van der Waals surface area (Å²) in [7, 11) is 0. The molecule has 2 aliphatic heterocycles. The molecular formula is C31H45N3O3S. The average molecular weight is 540 g/mol. The molecule has 2 bridgehead atoms. The first kappa shape index (κ1) is 27.7. The Morgan fingerprint density at radius 1 is 1.00 bits per heavy atom. The van der Waals surface area contributed by atoms with Crippen molar-refractivity contribution in [2.75, 3.05) is 12.3 Å². The highest BCUT2D eigenvalue weighted by molar-refractivity contribution is 7.99. The zero-order chi connectivity index (χ0) is 26.6. The van der Waals surface area contributed by atoms with Crippen LogP contribution in [0.5, 0.6) is 0 Å². The second-order valence-electron chi connectivity index (χ2n) is 12.4. The van der Waals surface area contributed by atoms with Crippen molar-refractivity contribution < 1.29 is 14.4 Å². The molecule has 0 radical (unpaired) electrons. The van der Waals surface area contributed by atoms with Crippen molar-refractivity contribution >= 4 is 29.5 Å². The van der Waals surface area contributed by atoms with Crippen LogP contribution in [0.1, 0.15) is 100 Å². The van der Waals surface area contributed by atoms with Crippen LogP contribution < -0.4 is 10.6 Å². The predicted octanol–water partition coefficient (Wildman–Crippen LogP) is 5.54. The van der Waals surface area contributed by atoms with Crippen LogP contribution in [0.25, 0.3) is 0 Å². The van der Waals surface area contributed by atoms with Gasteiger partial charge in [0.15, 0.2) is 0 Å². The second-order valence-corrected chi connectivity index (χ2v) is 13.6. The van der Waals surface area contributed by atoms with Gasteiger partial charge in [-0.05, 0) is 98.6 Å². The zero-order valence-electron chi connectivity index (χ0n) is 23.2. The summed E-state index contributed by atoms with van der Waals surface area (Å²) >= 11 is 1.83. The molecule has 2 aliphatic carbocycles. The lowest BCUT2D eigenvalue weighted by Crippen LogP contribution is -2.52. The number of unbranched alkanes of at least 4 members (excludes halogenated alkanes) is 4. The topological polar surface area (TPSA) is 78.5 Å². The Morgan fingerprint density at radius 3 is 2.66 bits per heavy atom. The summed E-state index contributed by atoms with van der Waals surface area (Å²) in [6.07, 6.45) is 12.7. The van der Waals surface area contributed by atoms with Gasteiger partial charge in [-0.1, -0.05) is 39.2 Å². The Hall–Kier alpha value is -1.86. The van der Waals surface area contributed by atoms with Gasteiger partial charge in [0, 0.05) is 29.5 Å². The number of piperidine rings is 1. The minimum Gasteiger partial charge on any atom is -0.322 e. The summed E-state index contributed by atoms with van der Waals surface area (Å²) in [5.74, 6) is 3.97. The third-order valence-corrected chi connectivity index (χ3v) is 10.6. The van der Waals surface area contributed by atoms with E-state index in [1.54, 1.807) is 4.90 Å². The van der Waals surface area contributed by atoms with Crippen LogP contribution >= 0.6 is 11.8 Å². The molecule has 1 aromatic rings. The van der Waals surface area contributed by atoms with Crippen LogP contribution in [-0.2, 0) is 16.1 Å². The van der Waals surface area contributed by atoms with Crippen molar-refractivity contribution in [3.05, 3.63) is 29.3 Å². The number of amides is 3. The standard InChI is InChI=1S/C31H45N3O3S/c1-20-15-22-17-21(2)29(23(16-20)18-22)32-13-6-4-3-5-7-14-38-27-10-8-9-24-25(27)19-34(31(24)37)26-11-12-28(35)33-30(26)36/h8-10,20-23,26,29,32H,3-7,11-19H2,1-2H3,(H,33,35,36). The summed E-state index contributed by atoms with van der Waals surface area (Å²) in [6.45, 7) is 6.53. The lowest BCUT2D eigenvalue weighted by molar-refractivity contribution is -0.136. The maximum absolute atomic E-state index is 13.0. The number of hydrogen-bond acceptors (Lipinski definition) is 5. The van der Waals surface area contributed by atoms with Gasteiger partial charge in [0.1, 0.15) is 6.04 Å². The van der Waals surface area contributed by atoms with E-state index in [9.17, 15) is 14.4 Å². The number of nitrogens with one attached hydrogen (secondary N) is 2. The van der Waals surface area contributed by atoms with Crippen molar-refractivity contribution in [1.29, 1.82) is 0 Å². The number of thioether (sulfide) groups is 1. The Balaban J connectivity index is 0.990. The molecule has 38 heavy (non-hydrogen) atoms. The second kappa shape index (κ2) is 12.5. The Morgan fingerprint density at radius 2 is 1.82 bits per heavy atom. The SMILES string of the molecule is CC1CC2CC(C)C(NCCCCCCCSc3cccc4c3CN(C3CCC(=O)NC3=O)C4=O)C(C1)C2. The summed E-state index contributed by atoms with van der Waals surface area (Å²) in [5, 5.41) is 6.34. The highest BCUT2D eigenvalue weighted by Crippen LogP contribution is 2.44. The Labute approximate surface area is 232 Å². The molecule has 1 aromatic carbocycles. The van der Waals surface area contributed by atoms with Gasteiger partial charge in [-0.25, -0.2) is 0 Å². The number of rotatable bonds is 11. The molecule has 4 aliphatic rings. The molecule has 0 spiro atoms. The number of imide groups is 1. The van der Waals surface area contributed by atoms with Gasteiger partial charge in [0.25, 0.3) is 5.91 Å². The van der Waals surface area contributed by atoms with Crippen LogP contribution in [0.2, 0.25) is 0 Å². The van der Waals surface area contributed by atoms with E-state index >= 15 is 0 Å². The normalized spacial score (nSPS) is 30.9. The van der Waals surface area contributed by atoms with Gasteiger partial charge in [-0.2, -0.15) is 0 Å². The lowest BCUT2D eigenvalue weighted by atomic mass is 9.63. The van der Waals surface area contributed by atoms with Crippen LogP contribution in [0, 0.1) is 23.7 Å². The fourth-order valence-corrected chi connectivity index (χ4v) is 8.79. The molecule has 0 aromatic heterocycles. The molecule has 2 N–H and O–H groups in total. The highest BCUT2D eigenvalue weighted by atomic mass is 32.2. The van der Waals surface area contributed by atoms with Crippen molar-refractivity contribution in [1.82, 2.24) is 15.5 Å². The molecule has 3 fully saturated rings. The van der Waals surface area contributed by atoms with Gasteiger partial charge in [-0.15, -0.1) is 11.8 Å². The highest BCUT2D eigenvalue weighted by Gasteiger charge is 2.40. The quantitative estimate of drug-likeness (QED) is 0.219. The molecule has 208 valence electrons. The zero-order valence-corrected chi connectivity index (χ0v) is 24.0. The van der Waals surface area contributed by atoms with Gasteiger partial charge in [0.2, 0.25) is 11.8 Å². The molecule has 3 amide bonds. The van der Waals surface area contributed by atoms with E-state index in [1.807, 2.05) is 23.9 Å². The molecule has 6 unspecified atom stereocenters. The molecule has 5 rings (SSSR count). The van der Waals surface area contributed by atoms with E-state index in [-0.39, 0.29) is 24.1 Å². The minimum absolute atomic E-state index is 0.0917. The molecular weight excluding hydrogens is 494 g/mol. The first-order valence-electron chi connectivity index (χ1n) is 15.0. The molecule has 2 saturated carbocycles. The summed E-state index contributed by atoms with van der Waals surface area (Å²) < 4.78 is 0. The molecule has 1 saturated heterocycles. The first-order chi connectivity index (χ1) is 18.4. The van der Waals surface area contributed by atoms with Gasteiger partial charge < -0.3 is 10.2 Å². The van der Waals surface area contributed by atoms with Crippen molar-refractivity contribution in [3.8, 4) is 0 Å². The number of benzene rings is 1. The van der Waals surface area contributed by atoms with E-state index in [0.29, 0.717) is 18.5 Å². The minimum atomic E-state index is -0.551. The van der Waals surface area contributed by atoms with E-state index < -0.39 is 6.04 Å². The van der Waals surface area contributed by atoms with Gasteiger partial charge in [-0.3, -0.25) is 19.7 Å². The molecule has 2 heterocycles. The van der Waals surface area contributed by atoms with Crippen LogP contribution in [0.3, 0.4) is 0 Å². The fourth-order valence-electron chi connectivity index (χ4n) is 7.69.